The van der Waals surface area contributed by atoms with E-state index in [0.717, 1.165) is 28.6 Å². The van der Waals surface area contributed by atoms with Gasteiger partial charge in [-0.2, -0.15) is 5.10 Å². The predicted molar refractivity (Wildman–Crippen MR) is 112 cm³/mol. The van der Waals surface area contributed by atoms with E-state index in [4.69, 9.17) is 0 Å². The molecule has 0 spiro atoms. The molecule has 29 heavy (non-hydrogen) atoms. The van der Waals surface area contributed by atoms with Crippen molar-refractivity contribution < 1.29 is 4.79 Å². The van der Waals surface area contributed by atoms with Crippen LogP contribution in [0.1, 0.15) is 23.6 Å². The van der Waals surface area contributed by atoms with E-state index >= 15 is 0 Å². The number of aryl methyl sites for hydroxylation is 1. The van der Waals surface area contributed by atoms with Gasteiger partial charge in [0.1, 0.15) is 6.04 Å². The Hall–Kier alpha value is -3.67. The summed E-state index contributed by atoms with van der Waals surface area (Å²) in [6, 6.07) is 19.0. The minimum atomic E-state index is -0.557. The van der Waals surface area contributed by atoms with E-state index in [1.54, 1.807) is 10.9 Å². The van der Waals surface area contributed by atoms with E-state index < -0.39 is 6.04 Å². The number of carbonyl (C=O) groups excluding carboxylic acids is 1. The third-order valence-electron chi connectivity index (χ3n) is 5.43. The second-order valence-electron chi connectivity index (χ2n) is 7.35. The number of nitrogens with one attached hydrogen (secondary N) is 1. The molecule has 1 aliphatic rings. The van der Waals surface area contributed by atoms with Gasteiger partial charge in [0.15, 0.2) is 5.52 Å². The zero-order valence-corrected chi connectivity index (χ0v) is 15.8. The van der Waals surface area contributed by atoms with Crippen LogP contribution in [-0.2, 0) is 17.8 Å². The van der Waals surface area contributed by atoms with Crippen LogP contribution in [-0.4, -0.2) is 20.3 Å². The van der Waals surface area contributed by atoms with Gasteiger partial charge in [0.25, 0.3) is 5.56 Å². The Kier molecular flexibility index (Phi) is 4.24. The lowest BCUT2D eigenvalue weighted by molar-refractivity contribution is -0.119. The number of amides is 1. The van der Waals surface area contributed by atoms with Crippen molar-refractivity contribution in [2.75, 3.05) is 5.32 Å². The van der Waals surface area contributed by atoms with Crippen molar-refractivity contribution in [2.45, 2.75) is 25.4 Å². The topological polar surface area (TPSA) is 68.9 Å². The van der Waals surface area contributed by atoms with Gasteiger partial charge in [-0.3, -0.25) is 14.3 Å². The number of fused-ring (bicyclic) bond motifs is 2. The quantitative estimate of drug-likeness (QED) is 0.589. The van der Waals surface area contributed by atoms with Gasteiger partial charge < -0.3 is 9.88 Å². The molecule has 144 valence electrons. The van der Waals surface area contributed by atoms with Crippen LogP contribution < -0.4 is 10.9 Å². The zero-order valence-electron chi connectivity index (χ0n) is 15.8. The molecule has 0 aliphatic carbocycles. The van der Waals surface area contributed by atoms with Crippen molar-refractivity contribution >= 4 is 22.5 Å². The second kappa shape index (κ2) is 7.05. The molecule has 2 aromatic carbocycles. The Morgan fingerprint density at radius 3 is 2.66 bits per heavy atom. The molecule has 0 saturated heterocycles. The van der Waals surface area contributed by atoms with E-state index in [9.17, 15) is 9.59 Å². The third-order valence-corrected chi connectivity index (χ3v) is 5.43. The Morgan fingerprint density at radius 1 is 1.00 bits per heavy atom. The summed E-state index contributed by atoms with van der Waals surface area (Å²) in [4.78, 5) is 25.9. The molecule has 6 heteroatoms. The molecule has 1 unspecified atom stereocenters. The maximum atomic E-state index is 13.1. The number of para-hydroxylation sites is 1. The van der Waals surface area contributed by atoms with Gasteiger partial charge >= 0.3 is 0 Å². The summed E-state index contributed by atoms with van der Waals surface area (Å²) in [5.41, 5.74) is 3.17. The van der Waals surface area contributed by atoms with Crippen LogP contribution in [0.25, 0.3) is 10.9 Å². The lowest BCUT2D eigenvalue weighted by atomic mass is 10.1. The maximum absolute atomic E-state index is 13.1. The Bertz CT molecular complexity index is 1260. The first-order chi connectivity index (χ1) is 14.2. The van der Waals surface area contributed by atoms with Crippen LogP contribution in [0.15, 0.2) is 77.9 Å². The minimum Gasteiger partial charge on any atom is -0.324 e. The number of benzene rings is 2. The summed E-state index contributed by atoms with van der Waals surface area (Å²) in [5, 5.41) is 8.24. The summed E-state index contributed by atoms with van der Waals surface area (Å²) >= 11 is 0. The smallest absolute Gasteiger partial charge is 0.279 e. The van der Waals surface area contributed by atoms with Gasteiger partial charge in [-0.25, -0.2) is 0 Å². The summed E-state index contributed by atoms with van der Waals surface area (Å²) in [6.45, 7) is 0.591. The maximum Gasteiger partial charge on any atom is 0.279 e. The molecule has 4 aromatic rings. The molecule has 2 aromatic heterocycles. The number of carbonyl (C=O) groups is 1. The Balaban J connectivity index is 1.49. The predicted octanol–water partition coefficient (Wildman–Crippen LogP) is 3.37. The SMILES string of the molecule is O=C1Nc2ccccc2CCC1n1ccc2cn(Cc3ccccc3)nc2c1=O. The fourth-order valence-electron chi connectivity index (χ4n) is 3.94. The minimum absolute atomic E-state index is 0.167. The summed E-state index contributed by atoms with van der Waals surface area (Å²) in [5.74, 6) is -0.167. The lowest BCUT2D eigenvalue weighted by Gasteiger charge is -2.16. The number of anilines is 1. The van der Waals surface area contributed by atoms with E-state index in [1.165, 1.54) is 4.57 Å². The molecule has 1 N–H and O–H groups in total. The molecule has 3 heterocycles. The first-order valence-corrected chi connectivity index (χ1v) is 9.70. The first kappa shape index (κ1) is 17.4. The number of pyridine rings is 1. The number of aromatic nitrogens is 3. The van der Waals surface area contributed by atoms with Crippen LogP contribution in [0.3, 0.4) is 0 Å². The molecule has 0 bridgehead atoms. The average Bonchev–Trinajstić information content (AvgIpc) is 3.07. The summed E-state index contributed by atoms with van der Waals surface area (Å²) < 4.78 is 3.29. The normalized spacial score (nSPS) is 16.3. The monoisotopic (exact) mass is 384 g/mol. The van der Waals surface area contributed by atoms with Crippen LogP contribution in [0, 0.1) is 0 Å². The molecule has 0 saturated carbocycles. The Morgan fingerprint density at radius 2 is 1.79 bits per heavy atom. The van der Waals surface area contributed by atoms with Gasteiger partial charge in [0, 0.05) is 23.5 Å². The van der Waals surface area contributed by atoms with Gasteiger partial charge in [-0.15, -0.1) is 0 Å². The molecule has 1 atom stereocenters. The summed E-state index contributed by atoms with van der Waals surface area (Å²) in [7, 11) is 0. The van der Waals surface area contributed by atoms with Crippen LogP contribution >= 0.6 is 0 Å². The van der Waals surface area contributed by atoms with Crippen LogP contribution in [0.2, 0.25) is 0 Å². The number of nitrogens with zero attached hydrogens (tertiary/aromatic N) is 3. The third kappa shape index (κ3) is 3.23. The lowest BCUT2D eigenvalue weighted by Crippen LogP contribution is -2.32. The highest BCUT2D eigenvalue weighted by Crippen LogP contribution is 2.26. The van der Waals surface area contributed by atoms with Crippen molar-refractivity contribution in [2.24, 2.45) is 0 Å². The van der Waals surface area contributed by atoms with Crippen molar-refractivity contribution in [3.63, 3.8) is 0 Å². The van der Waals surface area contributed by atoms with Gasteiger partial charge in [-0.1, -0.05) is 48.5 Å². The average molecular weight is 384 g/mol. The summed E-state index contributed by atoms with van der Waals surface area (Å²) in [6.07, 6.45) is 4.88. The van der Waals surface area contributed by atoms with Crippen molar-refractivity contribution in [3.05, 3.63) is 94.5 Å². The van der Waals surface area contributed by atoms with E-state index in [1.807, 2.05) is 66.9 Å². The van der Waals surface area contributed by atoms with Crippen LogP contribution in [0.5, 0.6) is 0 Å². The van der Waals surface area contributed by atoms with Crippen molar-refractivity contribution in [1.82, 2.24) is 14.3 Å². The second-order valence-corrected chi connectivity index (χ2v) is 7.35. The molecular formula is C23H20N4O2. The van der Waals surface area contributed by atoms with E-state index in [2.05, 4.69) is 10.4 Å². The standard InChI is InChI=1S/C23H20N4O2/c28-22-20(11-10-17-8-4-5-9-19(17)24-22)27-13-12-18-15-26(25-21(18)23(27)29)14-16-6-2-1-3-7-16/h1-9,12-13,15,20H,10-11,14H2,(H,24,28). The highest BCUT2D eigenvalue weighted by molar-refractivity contribution is 5.95. The molecule has 5 rings (SSSR count). The van der Waals surface area contributed by atoms with Crippen molar-refractivity contribution in [1.29, 1.82) is 0 Å². The number of rotatable bonds is 3. The highest BCUT2D eigenvalue weighted by atomic mass is 16.2. The first-order valence-electron chi connectivity index (χ1n) is 9.70. The highest BCUT2D eigenvalue weighted by Gasteiger charge is 2.26. The van der Waals surface area contributed by atoms with E-state index in [0.29, 0.717) is 18.5 Å². The number of hydrogen-bond donors (Lipinski definition) is 1. The Labute approximate surface area is 167 Å². The van der Waals surface area contributed by atoms with Crippen molar-refractivity contribution in [3.8, 4) is 0 Å². The largest absolute Gasteiger partial charge is 0.324 e. The molecular weight excluding hydrogens is 364 g/mol. The van der Waals surface area contributed by atoms with Gasteiger partial charge in [-0.05, 0) is 36.1 Å². The molecule has 0 fully saturated rings. The van der Waals surface area contributed by atoms with Gasteiger partial charge in [0.2, 0.25) is 5.91 Å². The molecule has 1 aliphatic heterocycles. The fourth-order valence-corrected chi connectivity index (χ4v) is 3.94. The molecule has 6 nitrogen and oxygen atoms in total. The molecule has 0 radical (unpaired) electrons. The van der Waals surface area contributed by atoms with Gasteiger partial charge in [0.05, 0.1) is 6.54 Å². The number of hydrogen-bond acceptors (Lipinski definition) is 3. The molecule has 1 amide bonds. The zero-order chi connectivity index (χ0) is 19.8. The van der Waals surface area contributed by atoms with E-state index in [-0.39, 0.29) is 11.5 Å². The van der Waals surface area contributed by atoms with Crippen LogP contribution in [0.4, 0.5) is 5.69 Å². The fraction of sp³-hybridized carbons (Fsp3) is 0.174.